The number of carboxylic acid groups (broad SMARTS) is 1. The van der Waals surface area contributed by atoms with Gasteiger partial charge in [-0.25, -0.2) is 0 Å². The first kappa shape index (κ1) is 11.2. The van der Waals surface area contributed by atoms with Crippen LogP contribution in [0, 0.1) is 0 Å². The van der Waals surface area contributed by atoms with Crippen LogP contribution in [0.2, 0.25) is 0 Å². The van der Waals surface area contributed by atoms with Crippen LogP contribution in [0.5, 0.6) is 0 Å². The summed E-state index contributed by atoms with van der Waals surface area (Å²) in [7, 11) is 3.85. The quantitative estimate of drug-likeness (QED) is 0.692. The number of carboxylic acids is 1. The summed E-state index contributed by atoms with van der Waals surface area (Å²) in [6.07, 6.45) is 3.92. The highest BCUT2D eigenvalue weighted by atomic mass is 33.1. The highest BCUT2D eigenvalue weighted by Gasteiger charge is 2.17. The minimum atomic E-state index is -0.881. The highest BCUT2D eigenvalue weighted by Crippen LogP contribution is 2.39. The van der Waals surface area contributed by atoms with Crippen molar-refractivity contribution in [2.75, 3.05) is 5.75 Å². The predicted octanol–water partition coefficient (Wildman–Crippen LogP) is 1.72. The first-order chi connectivity index (χ1) is 6.20. The summed E-state index contributed by atoms with van der Waals surface area (Å²) in [5.74, 6) is 0.355. The molecule has 0 bridgehead atoms. The van der Waals surface area contributed by atoms with Gasteiger partial charge in [0.15, 0.2) is 0 Å². The molecule has 0 aromatic carbocycles. The van der Waals surface area contributed by atoms with Crippen molar-refractivity contribution >= 4 is 27.6 Å². The van der Waals surface area contributed by atoms with Gasteiger partial charge in [-0.2, -0.15) is 0 Å². The molecule has 76 valence electrons. The molecule has 1 aliphatic heterocycles. The van der Waals surface area contributed by atoms with Gasteiger partial charge in [0.25, 0.3) is 0 Å². The van der Waals surface area contributed by atoms with E-state index in [1.165, 1.54) is 12.2 Å². The van der Waals surface area contributed by atoms with E-state index >= 15 is 0 Å². The molecule has 1 saturated heterocycles. The van der Waals surface area contributed by atoms with Gasteiger partial charge < -0.3 is 10.8 Å². The Morgan fingerprint density at radius 3 is 3.00 bits per heavy atom. The van der Waals surface area contributed by atoms with Crippen molar-refractivity contribution in [2.45, 2.75) is 37.0 Å². The van der Waals surface area contributed by atoms with Crippen LogP contribution in [0.3, 0.4) is 0 Å². The van der Waals surface area contributed by atoms with Crippen LogP contribution in [0.15, 0.2) is 0 Å². The fourth-order valence-electron chi connectivity index (χ4n) is 1.25. The molecule has 0 saturated carbocycles. The lowest BCUT2D eigenvalue weighted by atomic mass is 10.1. The molecule has 2 atom stereocenters. The number of rotatable bonds is 5. The van der Waals surface area contributed by atoms with Gasteiger partial charge in [0.2, 0.25) is 0 Å². The van der Waals surface area contributed by atoms with E-state index in [1.807, 2.05) is 21.6 Å². The molecule has 13 heavy (non-hydrogen) atoms. The van der Waals surface area contributed by atoms with Crippen molar-refractivity contribution in [1.82, 2.24) is 0 Å². The maximum Gasteiger partial charge on any atom is 0.320 e. The van der Waals surface area contributed by atoms with E-state index in [1.54, 1.807) is 0 Å². The van der Waals surface area contributed by atoms with Crippen molar-refractivity contribution in [3.05, 3.63) is 0 Å². The van der Waals surface area contributed by atoms with Crippen LogP contribution in [0.1, 0.15) is 25.7 Å². The molecule has 5 heteroatoms. The smallest absolute Gasteiger partial charge is 0.320 e. The molecule has 1 aliphatic rings. The fourth-order valence-corrected chi connectivity index (χ4v) is 4.28. The second-order valence-corrected chi connectivity index (χ2v) is 5.99. The average Bonchev–Trinajstić information content (AvgIpc) is 2.56. The van der Waals surface area contributed by atoms with E-state index in [0.29, 0.717) is 6.42 Å². The van der Waals surface area contributed by atoms with Gasteiger partial charge in [-0.05, 0) is 19.3 Å². The lowest BCUT2D eigenvalue weighted by Crippen LogP contribution is -2.29. The molecule has 1 fully saturated rings. The first-order valence-electron chi connectivity index (χ1n) is 4.47. The summed E-state index contributed by atoms with van der Waals surface area (Å²) in [6.45, 7) is 0. The van der Waals surface area contributed by atoms with E-state index in [2.05, 4.69) is 0 Å². The van der Waals surface area contributed by atoms with Crippen LogP contribution in [-0.4, -0.2) is 28.1 Å². The van der Waals surface area contributed by atoms with Crippen molar-refractivity contribution in [3.63, 3.8) is 0 Å². The van der Waals surface area contributed by atoms with Crippen LogP contribution in [0.4, 0.5) is 0 Å². The van der Waals surface area contributed by atoms with Crippen molar-refractivity contribution < 1.29 is 9.90 Å². The SMILES string of the molecule is N[C@@H](CCCC1CCSS1)C(=O)O. The van der Waals surface area contributed by atoms with Gasteiger partial charge >= 0.3 is 5.97 Å². The largest absolute Gasteiger partial charge is 0.480 e. The number of nitrogens with two attached hydrogens (primary N) is 1. The minimum absolute atomic E-state index is 0.608. The summed E-state index contributed by atoms with van der Waals surface area (Å²) in [5, 5.41) is 9.27. The van der Waals surface area contributed by atoms with E-state index < -0.39 is 12.0 Å². The molecule has 0 aromatic rings. The van der Waals surface area contributed by atoms with Crippen LogP contribution < -0.4 is 5.73 Å². The third-order valence-corrected chi connectivity index (χ3v) is 5.09. The molecular weight excluding hydrogens is 206 g/mol. The molecule has 0 aliphatic carbocycles. The Bertz CT molecular complexity index is 172. The summed E-state index contributed by atoms with van der Waals surface area (Å²) >= 11 is 0. The van der Waals surface area contributed by atoms with Crippen LogP contribution in [0.25, 0.3) is 0 Å². The zero-order chi connectivity index (χ0) is 9.68. The molecule has 3 nitrogen and oxygen atoms in total. The van der Waals surface area contributed by atoms with E-state index in [4.69, 9.17) is 10.8 Å². The van der Waals surface area contributed by atoms with Crippen LogP contribution in [-0.2, 0) is 4.79 Å². The number of hydrogen-bond donors (Lipinski definition) is 2. The normalized spacial score (nSPS) is 24.5. The molecule has 3 N–H and O–H groups in total. The Hall–Kier alpha value is 0.130. The van der Waals surface area contributed by atoms with E-state index in [0.717, 1.165) is 18.1 Å². The zero-order valence-electron chi connectivity index (χ0n) is 7.44. The molecule has 1 unspecified atom stereocenters. The molecule has 1 heterocycles. The average molecular weight is 221 g/mol. The van der Waals surface area contributed by atoms with Crippen molar-refractivity contribution in [3.8, 4) is 0 Å². The summed E-state index contributed by atoms with van der Waals surface area (Å²) in [4.78, 5) is 10.4. The standard InChI is InChI=1S/C8H15NO2S2/c9-7(8(10)11)3-1-2-6-4-5-12-13-6/h6-7H,1-5,9H2,(H,10,11)/t6?,7-/m0/s1. The minimum Gasteiger partial charge on any atom is -0.480 e. The maximum absolute atomic E-state index is 10.4. The lowest BCUT2D eigenvalue weighted by molar-refractivity contribution is -0.138. The first-order valence-corrected chi connectivity index (χ1v) is 6.85. The van der Waals surface area contributed by atoms with Gasteiger partial charge in [0.1, 0.15) is 6.04 Å². The monoisotopic (exact) mass is 221 g/mol. The zero-order valence-corrected chi connectivity index (χ0v) is 9.07. The van der Waals surface area contributed by atoms with Crippen LogP contribution >= 0.6 is 21.6 Å². The molecule has 0 amide bonds. The molecule has 1 rings (SSSR count). The van der Waals surface area contributed by atoms with E-state index in [9.17, 15) is 4.79 Å². The Balaban J connectivity index is 2.02. The van der Waals surface area contributed by atoms with Gasteiger partial charge in [0, 0.05) is 11.0 Å². The Morgan fingerprint density at radius 2 is 2.46 bits per heavy atom. The number of aliphatic carboxylic acids is 1. The topological polar surface area (TPSA) is 63.3 Å². The lowest BCUT2D eigenvalue weighted by Gasteiger charge is -2.08. The maximum atomic E-state index is 10.4. The number of hydrogen-bond acceptors (Lipinski definition) is 4. The second kappa shape index (κ2) is 5.78. The Labute approximate surface area is 86.2 Å². The Morgan fingerprint density at radius 1 is 1.69 bits per heavy atom. The molecule has 0 aromatic heterocycles. The highest BCUT2D eigenvalue weighted by molar-refractivity contribution is 8.77. The van der Waals surface area contributed by atoms with E-state index in [-0.39, 0.29) is 0 Å². The van der Waals surface area contributed by atoms with Gasteiger partial charge in [0.05, 0.1) is 0 Å². The number of carbonyl (C=O) groups is 1. The molecule has 0 spiro atoms. The summed E-state index contributed by atoms with van der Waals surface area (Å²) in [5.41, 5.74) is 5.39. The summed E-state index contributed by atoms with van der Waals surface area (Å²) in [6, 6.07) is -0.668. The third kappa shape index (κ3) is 4.24. The fraction of sp³-hybridized carbons (Fsp3) is 0.875. The van der Waals surface area contributed by atoms with Gasteiger partial charge in [-0.1, -0.05) is 28.0 Å². The van der Waals surface area contributed by atoms with Crippen molar-refractivity contribution in [1.29, 1.82) is 0 Å². The molecular formula is C8H15NO2S2. The third-order valence-electron chi connectivity index (χ3n) is 2.09. The molecule has 0 radical (unpaired) electrons. The van der Waals surface area contributed by atoms with Gasteiger partial charge in [-0.15, -0.1) is 0 Å². The predicted molar refractivity (Wildman–Crippen MR) is 57.9 cm³/mol. The second-order valence-electron chi connectivity index (χ2n) is 3.20. The summed E-state index contributed by atoms with van der Waals surface area (Å²) < 4.78 is 0. The van der Waals surface area contributed by atoms with Gasteiger partial charge in [-0.3, -0.25) is 4.79 Å². The van der Waals surface area contributed by atoms with Crippen molar-refractivity contribution in [2.24, 2.45) is 5.73 Å². The Kier molecular flexibility index (Phi) is 4.98.